The number of ketones is 1. The van der Waals surface area contributed by atoms with E-state index in [-0.39, 0.29) is 5.56 Å². The molecule has 0 aliphatic carbocycles. The van der Waals surface area contributed by atoms with Crippen LogP contribution in [0, 0.1) is 18.6 Å². The fourth-order valence-corrected chi connectivity index (χ4v) is 1.14. The molecule has 15 heavy (non-hydrogen) atoms. The molecule has 0 radical (unpaired) electrons. The molecule has 4 heteroatoms. The van der Waals surface area contributed by atoms with E-state index in [0.717, 1.165) is 19.9 Å². The third kappa shape index (κ3) is 2.19. The van der Waals surface area contributed by atoms with E-state index in [4.69, 9.17) is 0 Å². The topological polar surface area (TPSA) is 17.1 Å². The number of halogens is 3. The lowest BCUT2D eigenvalue weighted by atomic mass is 9.97. The van der Waals surface area contributed by atoms with Crippen molar-refractivity contribution in [1.29, 1.82) is 0 Å². The Hall–Kier alpha value is -1.32. The van der Waals surface area contributed by atoms with Crippen molar-refractivity contribution in [3.8, 4) is 0 Å². The van der Waals surface area contributed by atoms with Crippen LogP contribution in [0.25, 0.3) is 0 Å². The molecule has 0 heterocycles. The molecule has 0 unspecified atom stereocenters. The first kappa shape index (κ1) is 11.8. The highest BCUT2D eigenvalue weighted by atomic mass is 19.2. The lowest BCUT2D eigenvalue weighted by Gasteiger charge is -2.13. The van der Waals surface area contributed by atoms with Gasteiger partial charge in [-0.1, -0.05) is 6.07 Å². The van der Waals surface area contributed by atoms with E-state index in [1.807, 2.05) is 0 Å². The number of carbonyl (C=O) groups excluding carboxylic acids is 1. The van der Waals surface area contributed by atoms with E-state index in [2.05, 4.69) is 0 Å². The Balaban J connectivity index is 3.29. The van der Waals surface area contributed by atoms with Gasteiger partial charge in [0.15, 0.2) is 17.3 Å². The highest BCUT2D eigenvalue weighted by Gasteiger charge is 2.31. The molecule has 0 saturated carbocycles. The van der Waals surface area contributed by atoms with Crippen molar-refractivity contribution in [3.63, 3.8) is 0 Å². The van der Waals surface area contributed by atoms with E-state index in [1.165, 1.54) is 13.0 Å². The Morgan fingerprint density at radius 1 is 1.20 bits per heavy atom. The maximum absolute atomic E-state index is 13.3. The predicted molar refractivity (Wildman–Crippen MR) is 50.6 cm³/mol. The molecule has 0 amide bonds. The summed E-state index contributed by atoms with van der Waals surface area (Å²) in [5.74, 6) is -3.45. The van der Waals surface area contributed by atoms with Gasteiger partial charge < -0.3 is 0 Å². The fourth-order valence-electron chi connectivity index (χ4n) is 1.14. The number of carbonyl (C=O) groups is 1. The average molecular weight is 216 g/mol. The second-order valence-corrected chi connectivity index (χ2v) is 3.86. The third-order valence-corrected chi connectivity index (χ3v) is 2.06. The van der Waals surface area contributed by atoms with Gasteiger partial charge in [0.1, 0.15) is 0 Å². The number of hydrogen-bond donors (Lipinski definition) is 0. The summed E-state index contributed by atoms with van der Waals surface area (Å²) in [5, 5.41) is 0. The van der Waals surface area contributed by atoms with Crippen molar-refractivity contribution >= 4 is 5.78 Å². The van der Waals surface area contributed by atoms with Gasteiger partial charge in [-0.05, 0) is 32.4 Å². The van der Waals surface area contributed by atoms with Crippen molar-refractivity contribution in [2.45, 2.75) is 26.4 Å². The minimum atomic E-state index is -2.21. The first-order valence-corrected chi connectivity index (χ1v) is 4.43. The van der Waals surface area contributed by atoms with Crippen LogP contribution in [0.2, 0.25) is 0 Å². The summed E-state index contributed by atoms with van der Waals surface area (Å²) >= 11 is 0. The fraction of sp³-hybridized carbons (Fsp3) is 0.364. The van der Waals surface area contributed by atoms with Gasteiger partial charge in [-0.25, -0.2) is 13.2 Å². The molecular formula is C11H11F3O. The lowest BCUT2D eigenvalue weighted by Crippen LogP contribution is -2.27. The minimum absolute atomic E-state index is 0.0840. The molecule has 0 aliphatic heterocycles. The smallest absolute Gasteiger partial charge is 0.202 e. The van der Waals surface area contributed by atoms with Crippen LogP contribution in [0.4, 0.5) is 13.2 Å². The van der Waals surface area contributed by atoms with Crippen LogP contribution in [0.3, 0.4) is 0 Å². The molecule has 1 nitrogen and oxygen atoms in total. The SMILES string of the molecule is Cc1ccc(C(=O)C(C)(C)F)c(F)c1F. The second-order valence-electron chi connectivity index (χ2n) is 3.86. The standard InChI is InChI=1S/C11H11F3O/c1-6-4-5-7(9(13)8(6)12)10(15)11(2,3)14/h4-5H,1-3H3. The van der Waals surface area contributed by atoms with Crippen LogP contribution in [0.15, 0.2) is 12.1 Å². The normalized spacial score (nSPS) is 11.6. The minimum Gasteiger partial charge on any atom is -0.290 e. The molecular weight excluding hydrogens is 205 g/mol. The zero-order valence-electron chi connectivity index (χ0n) is 8.70. The van der Waals surface area contributed by atoms with Gasteiger partial charge in [0.25, 0.3) is 0 Å². The molecule has 0 N–H and O–H groups in total. The molecule has 82 valence electrons. The number of Topliss-reactive ketones (excluding diaryl/α,β-unsaturated/α-hetero) is 1. The highest BCUT2D eigenvalue weighted by Crippen LogP contribution is 2.22. The van der Waals surface area contributed by atoms with Crippen LogP contribution < -0.4 is 0 Å². The van der Waals surface area contributed by atoms with Crippen molar-refractivity contribution < 1.29 is 18.0 Å². The number of rotatable bonds is 2. The zero-order chi connectivity index (χ0) is 11.8. The van der Waals surface area contributed by atoms with Crippen LogP contribution >= 0.6 is 0 Å². The predicted octanol–water partition coefficient (Wildman–Crippen LogP) is 3.20. The average Bonchev–Trinajstić information content (AvgIpc) is 2.12. The quantitative estimate of drug-likeness (QED) is 0.694. The maximum atomic E-state index is 13.3. The third-order valence-electron chi connectivity index (χ3n) is 2.06. The van der Waals surface area contributed by atoms with E-state index < -0.39 is 28.6 Å². The second kappa shape index (κ2) is 3.68. The summed E-state index contributed by atoms with van der Waals surface area (Å²) in [6.45, 7) is 3.38. The largest absolute Gasteiger partial charge is 0.290 e. The molecule has 0 atom stereocenters. The van der Waals surface area contributed by atoms with Crippen LogP contribution in [0.5, 0.6) is 0 Å². The van der Waals surface area contributed by atoms with E-state index >= 15 is 0 Å². The summed E-state index contributed by atoms with van der Waals surface area (Å²) in [6.07, 6.45) is 0. The lowest BCUT2D eigenvalue weighted by molar-refractivity contribution is 0.0754. The summed E-state index contributed by atoms with van der Waals surface area (Å²) in [4.78, 5) is 11.4. The van der Waals surface area contributed by atoms with Crippen molar-refractivity contribution in [2.75, 3.05) is 0 Å². The van der Waals surface area contributed by atoms with Crippen LogP contribution in [-0.4, -0.2) is 11.5 Å². The Labute approximate surface area is 85.9 Å². The van der Waals surface area contributed by atoms with Gasteiger partial charge in [-0.2, -0.15) is 0 Å². The summed E-state index contributed by atoms with van der Waals surface area (Å²) < 4.78 is 39.6. The Kier molecular flexibility index (Phi) is 2.88. The molecule has 1 aromatic carbocycles. The Bertz CT molecular complexity index is 405. The molecule has 0 fully saturated rings. The van der Waals surface area contributed by atoms with E-state index in [0.29, 0.717) is 0 Å². The zero-order valence-corrected chi connectivity index (χ0v) is 8.70. The van der Waals surface area contributed by atoms with Crippen LogP contribution in [-0.2, 0) is 0 Å². The van der Waals surface area contributed by atoms with E-state index in [9.17, 15) is 18.0 Å². The summed E-state index contributed by atoms with van der Waals surface area (Å²) in [6, 6.07) is 2.34. The highest BCUT2D eigenvalue weighted by molar-refractivity contribution is 6.02. The van der Waals surface area contributed by atoms with Crippen molar-refractivity contribution in [2.24, 2.45) is 0 Å². The first-order chi connectivity index (χ1) is 6.75. The molecule has 0 spiro atoms. The van der Waals surface area contributed by atoms with Gasteiger partial charge >= 0.3 is 0 Å². The molecule has 1 aromatic rings. The molecule has 0 aliphatic rings. The monoisotopic (exact) mass is 216 g/mol. The molecule has 0 aromatic heterocycles. The number of alkyl halides is 1. The number of aryl methyl sites for hydroxylation is 1. The van der Waals surface area contributed by atoms with Crippen molar-refractivity contribution in [3.05, 3.63) is 34.9 Å². The number of benzene rings is 1. The maximum Gasteiger partial charge on any atom is 0.202 e. The van der Waals surface area contributed by atoms with Gasteiger partial charge in [-0.15, -0.1) is 0 Å². The molecule has 1 rings (SSSR count). The first-order valence-electron chi connectivity index (χ1n) is 4.43. The number of hydrogen-bond acceptors (Lipinski definition) is 1. The Morgan fingerprint density at radius 3 is 2.20 bits per heavy atom. The molecule has 0 saturated heterocycles. The Morgan fingerprint density at radius 2 is 1.73 bits per heavy atom. The van der Waals surface area contributed by atoms with Crippen LogP contribution in [0.1, 0.15) is 29.8 Å². The van der Waals surface area contributed by atoms with Gasteiger partial charge in [0.05, 0.1) is 5.56 Å². The summed E-state index contributed by atoms with van der Waals surface area (Å²) in [5.41, 5.74) is -2.67. The van der Waals surface area contributed by atoms with Gasteiger partial charge in [-0.3, -0.25) is 4.79 Å². The van der Waals surface area contributed by atoms with Gasteiger partial charge in [0.2, 0.25) is 5.78 Å². The summed E-state index contributed by atoms with van der Waals surface area (Å²) in [7, 11) is 0. The molecule has 0 bridgehead atoms. The van der Waals surface area contributed by atoms with Gasteiger partial charge in [0, 0.05) is 0 Å². The van der Waals surface area contributed by atoms with Crippen molar-refractivity contribution in [1.82, 2.24) is 0 Å². The van der Waals surface area contributed by atoms with E-state index in [1.54, 1.807) is 0 Å².